The van der Waals surface area contributed by atoms with E-state index in [-0.39, 0.29) is 30.1 Å². The summed E-state index contributed by atoms with van der Waals surface area (Å²) in [5.74, 6) is -0.997. The molecule has 16 nitrogen and oxygen atoms in total. The molecule has 2 fully saturated rings. The molecule has 1 unspecified atom stereocenters. The fourth-order valence-electron chi connectivity index (χ4n) is 8.98. The van der Waals surface area contributed by atoms with Gasteiger partial charge in [-0.05, 0) is 111 Å². The van der Waals surface area contributed by atoms with Crippen molar-refractivity contribution in [3.63, 3.8) is 0 Å². The molecule has 65 heavy (non-hydrogen) atoms. The van der Waals surface area contributed by atoms with Gasteiger partial charge in [0.05, 0.1) is 23.6 Å². The summed E-state index contributed by atoms with van der Waals surface area (Å²) in [6.07, 6.45) is 9.48. The number of aromatic nitrogens is 3. The molecule has 0 bridgehead atoms. The zero-order chi connectivity index (χ0) is 45.5. The number of fused-ring (bicyclic) bond motifs is 2. The molecule has 2 aromatic heterocycles. The first-order chi connectivity index (χ1) is 31.4. The standard InChI is InChI=1S/C48H55N9O7S/c1-65(63,64)36-20-16-34(17-21-36)40-12-9-13-42-52-48(54-57(40)42)51-35-18-14-32(15-19-35)33-24-28-55(29-25-33)31-44(59)50-27-7-5-3-2-4-6-26-49-39-11-8-10-37-38(39)30-45(60)56(47(37)62)41-22-23-43(58)53-46(41)61/h8-21,33,41,49H,2-7,22-31H2,1H3,(H,50,59)(H,51,54)(H,53,58,61). The number of carbonyl (C=O) groups excluding carboxylic acids is 5. The van der Waals surface area contributed by atoms with E-state index < -0.39 is 39.5 Å². The molecule has 2 saturated heterocycles. The van der Waals surface area contributed by atoms with Crippen molar-refractivity contribution in [1.29, 1.82) is 0 Å². The van der Waals surface area contributed by atoms with Crippen molar-refractivity contribution in [2.75, 3.05) is 49.6 Å². The second-order valence-electron chi connectivity index (χ2n) is 17.2. The number of benzene rings is 3. The third-order valence-corrected chi connectivity index (χ3v) is 13.6. The summed E-state index contributed by atoms with van der Waals surface area (Å²) in [5.41, 5.74) is 6.23. The van der Waals surface area contributed by atoms with Crippen molar-refractivity contribution >= 4 is 62.3 Å². The summed E-state index contributed by atoms with van der Waals surface area (Å²) in [6, 6.07) is 25.2. The third-order valence-electron chi connectivity index (χ3n) is 12.5. The van der Waals surface area contributed by atoms with Crippen LogP contribution in [-0.4, -0.2) is 107 Å². The summed E-state index contributed by atoms with van der Waals surface area (Å²) in [7, 11) is -3.29. The van der Waals surface area contributed by atoms with E-state index in [1.54, 1.807) is 40.9 Å². The summed E-state index contributed by atoms with van der Waals surface area (Å²) in [6.45, 7) is 3.51. The van der Waals surface area contributed by atoms with Crippen molar-refractivity contribution in [2.24, 2.45) is 0 Å². The maximum absolute atomic E-state index is 13.3. The summed E-state index contributed by atoms with van der Waals surface area (Å²) < 4.78 is 25.6. The van der Waals surface area contributed by atoms with E-state index in [4.69, 9.17) is 0 Å². The number of likely N-dealkylation sites (tertiary alicyclic amines) is 1. The highest BCUT2D eigenvalue weighted by Crippen LogP contribution is 2.31. The van der Waals surface area contributed by atoms with E-state index in [1.165, 1.54) is 11.8 Å². The Hall–Kier alpha value is -6.46. The Morgan fingerprint density at radius 3 is 2.25 bits per heavy atom. The number of rotatable bonds is 18. The van der Waals surface area contributed by atoms with Crippen molar-refractivity contribution < 1.29 is 32.4 Å². The second-order valence-corrected chi connectivity index (χ2v) is 19.2. The number of carbonyl (C=O) groups is 5. The van der Waals surface area contributed by atoms with Crippen LogP contribution >= 0.6 is 0 Å². The van der Waals surface area contributed by atoms with Crippen LogP contribution in [0.1, 0.15) is 91.6 Å². The van der Waals surface area contributed by atoms with Crippen LogP contribution < -0.4 is 21.3 Å². The van der Waals surface area contributed by atoms with E-state index in [2.05, 4.69) is 48.4 Å². The predicted octanol–water partition coefficient (Wildman–Crippen LogP) is 5.62. The zero-order valence-electron chi connectivity index (χ0n) is 36.6. The highest BCUT2D eigenvalue weighted by atomic mass is 32.2. The van der Waals surface area contributed by atoms with Crippen LogP contribution in [0.2, 0.25) is 0 Å². The van der Waals surface area contributed by atoms with Gasteiger partial charge in [-0.3, -0.25) is 39.1 Å². The van der Waals surface area contributed by atoms with Gasteiger partial charge in [0.1, 0.15) is 6.04 Å². The Labute approximate surface area is 378 Å². The number of amides is 5. The fourth-order valence-corrected chi connectivity index (χ4v) is 9.61. The molecule has 8 rings (SSSR count). The molecule has 17 heteroatoms. The van der Waals surface area contributed by atoms with Crippen LogP contribution in [0.4, 0.5) is 17.3 Å². The number of hydrogen-bond donors (Lipinski definition) is 4. The number of hydrogen-bond acceptors (Lipinski definition) is 12. The van der Waals surface area contributed by atoms with E-state index >= 15 is 0 Å². The molecule has 3 aliphatic rings. The summed E-state index contributed by atoms with van der Waals surface area (Å²) in [4.78, 5) is 71.2. The molecule has 5 amide bonds. The first-order valence-electron chi connectivity index (χ1n) is 22.5. The molecule has 5 aromatic rings. The molecular weight excluding hydrogens is 847 g/mol. The van der Waals surface area contributed by atoms with Crippen LogP contribution in [0.5, 0.6) is 0 Å². The summed E-state index contributed by atoms with van der Waals surface area (Å²) >= 11 is 0. The van der Waals surface area contributed by atoms with Crippen LogP contribution in [0.15, 0.2) is 89.8 Å². The molecule has 0 radical (unpaired) electrons. The van der Waals surface area contributed by atoms with Gasteiger partial charge in [-0.1, -0.05) is 62.1 Å². The molecule has 4 N–H and O–H groups in total. The van der Waals surface area contributed by atoms with Crippen molar-refractivity contribution in [3.05, 3.63) is 102 Å². The molecule has 5 heterocycles. The predicted molar refractivity (Wildman–Crippen MR) is 246 cm³/mol. The lowest BCUT2D eigenvalue weighted by molar-refractivity contribution is -0.143. The lowest BCUT2D eigenvalue weighted by Gasteiger charge is -2.35. The smallest absolute Gasteiger partial charge is 0.261 e. The minimum absolute atomic E-state index is 0.0123. The molecule has 3 aromatic carbocycles. The molecule has 3 aliphatic heterocycles. The normalized spacial score (nSPS) is 17.2. The molecule has 0 aliphatic carbocycles. The maximum atomic E-state index is 13.3. The van der Waals surface area contributed by atoms with Gasteiger partial charge in [-0.25, -0.2) is 12.9 Å². The lowest BCUT2D eigenvalue weighted by atomic mass is 9.89. The Balaban J connectivity index is 0.688. The minimum atomic E-state index is -3.29. The fraction of sp³-hybridized carbons (Fsp3) is 0.396. The summed E-state index contributed by atoms with van der Waals surface area (Å²) in [5, 5.41) is 16.7. The number of sulfone groups is 1. The molecule has 1 atom stereocenters. The van der Waals surface area contributed by atoms with E-state index in [0.29, 0.717) is 48.3 Å². The third kappa shape index (κ3) is 10.9. The van der Waals surface area contributed by atoms with Gasteiger partial charge in [0.2, 0.25) is 29.6 Å². The number of nitrogens with zero attached hydrogens (tertiary/aromatic N) is 5. The Morgan fingerprint density at radius 1 is 0.815 bits per heavy atom. The largest absolute Gasteiger partial charge is 0.385 e. The van der Waals surface area contributed by atoms with Gasteiger partial charge in [0.15, 0.2) is 15.5 Å². The quantitative estimate of drug-likeness (QED) is 0.0625. The van der Waals surface area contributed by atoms with Gasteiger partial charge in [-0.2, -0.15) is 4.98 Å². The monoisotopic (exact) mass is 901 g/mol. The van der Waals surface area contributed by atoms with E-state index in [0.717, 1.165) is 92.0 Å². The average molecular weight is 902 g/mol. The topological polar surface area (TPSA) is 204 Å². The zero-order valence-corrected chi connectivity index (χ0v) is 37.4. The molecule has 0 spiro atoms. The van der Waals surface area contributed by atoms with E-state index in [1.807, 2.05) is 36.4 Å². The molecule has 340 valence electrons. The highest BCUT2D eigenvalue weighted by molar-refractivity contribution is 7.90. The number of nitrogens with one attached hydrogen (secondary N) is 4. The van der Waals surface area contributed by atoms with Crippen LogP contribution in [0, 0.1) is 0 Å². The number of anilines is 3. The van der Waals surface area contributed by atoms with Crippen molar-refractivity contribution in [2.45, 2.75) is 87.5 Å². The van der Waals surface area contributed by atoms with Crippen LogP contribution in [-0.2, 0) is 35.4 Å². The van der Waals surface area contributed by atoms with Gasteiger partial charge in [0, 0.05) is 48.3 Å². The van der Waals surface area contributed by atoms with Gasteiger partial charge in [0.25, 0.3) is 5.91 Å². The van der Waals surface area contributed by atoms with Crippen molar-refractivity contribution in [3.8, 4) is 11.3 Å². The van der Waals surface area contributed by atoms with Gasteiger partial charge in [-0.15, -0.1) is 5.10 Å². The first kappa shape index (κ1) is 45.1. The maximum Gasteiger partial charge on any atom is 0.261 e. The highest BCUT2D eigenvalue weighted by Gasteiger charge is 2.42. The number of imide groups is 2. The Bertz CT molecular complexity index is 2680. The van der Waals surface area contributed by atoms with Crippen LogP contribution in [0.25, 0.3) is 16.9 Å². The van der Waals surface area contributed by atoms with Crippen molar-refractivity contribution in [1.82, 2.24) is 35.0 Å². The number of unbranched alkanes of at least 4 members (excludes halogenated alkanes) is 5. The number of piperidine rings is 2. The second kappa shape index (κ2) is 20.2. The van der Waals surface area contributed by atoms with Gasteiger partial charge >= 0.3 is 0 Å². The Morgan fingerprint density at radius 2 is 1.52 bits per heavy atom. The lowest BCUT2D eigenvalue weighted by Crippen LogP contribution is -2.58. The first-order valence-corrected chi connectivity index (χ1v) is 24.4. The van der Waals surface area contributed by atoms with E-state index in [9.17, 15) is 32.4 Å². The SMILES string of the molecule is CS(=O)(=O)c1ccc(-c2cccc3nc(Nc4ccc(C5CCN(CC(=O)NCCCCCCCCNc6cccc7c6CC(=O)N(C6CCC(=O)NC6=O)C7=O)CC5)cc4)nn23)cc1. The average Bonchev–Trinajstić information content (AvgIpc) is 3.71. The van der Waals surface area contributed by atoms with Crippen LogP contribution in [0.3, 0.4) is 0 Å². The molecule has 0 saturated carbocycles. The molecular formula is C48H55N9O7S. The number of pyridine rings is 1. The van der Waals surface area contributed by atoms with Gasteiger partial charge < -0.3 is 16.0 Å². The Kier molecular flexibility index (Phi) is 14.0. The minimum Gasteiger partial charge on any atom is -0.385 e.